The highest BCUT2D eigenvalue weighted by Gasteiger charge is 2.30. The van der Waals surface area contributed by atoms with E-state index in [1.165, 1.54) is 6.92 Å². The minimum absolute atomic E-state index is 0.0528. The number of hydrogen-bond acceptors (Lipinski definition) is 6. The van der Waals surface area contributed by atoms with Crippen molar-refractivity contribution < 1.29 is 27.5 Å². The number of amides is 1. The number of nitrogens with one attached hydrogen (secondary N) is 1. The quantitative estimate of drug-likeness (QED) is 0.735. The second kappa shape index (κ2) is 8.05. The Labute approximate surface area is 151 Å². The minimum atomic E-state index is -3.09. The molecule has 0 saturated carbocycles. The van der Waals surface area contributed by atoms with Crippen LogP contribution in [-0.4, -0.2) is 50.6 Å². The Morgan fingerprint density at radius 2 is 2.12 bits per heavy atom. The third kappa shape index (κ3) is 5.89. The van der Waals surface area contributed by atoms with E-state index in [4.69, 9.17) is 21.1 Å². The Bertz CT molecular complexity index is 764. The topological polar surface area (TPSA) is 98.8 Å². The molecular formula is C16H20ClNO6S. The molecule has 9 heteroatoms. The van der Waals surface area contributed by atoms with Gasteiger partial charge in [0.2, 0.25) is 0 Å². The smallest absolute Gasteiger partial charge is 0.344 e. The molecule has 0 radical (unpaired) electrons. The fraction of sp³-hybridized carbons (Fsp3) is 0.500. The summed E-state index contributed by atoms with van der Waals surface area (Å²) in [6, 6.07) is 4.71. The number of ether oxygens (including phenoxy) is 2. The Kier molecular flexibility index (Phi) is 6.29. The number of halogens is 1. The molecule has 0 aromatic heterocycles. The normalized spacial score (nSPS) is 19.9. The zero-order valence-corrected chi connectivity index (χ0v) is 15.5. The molecular weight excluding hydrogens is 370 g/mol. The number of carbonyl (C=O) groups excluding carboxylic acids is 2. The van der Waals surface area contributed by atoms with Gasteiger partial charge in [-0.25, -0.2) is 13.2 Å². The van der Waals surface area contributed by atoms with Gasteiger partial charge in [-0.2, -0.15) is 0 Å². The first-order valence-corrected chi connectivity index (χ1v) is 9.95. The first-order valence-electron chi connectivity index (χ1n) is 7.75. The molecule has 1 aliphatic heterocycles. The van der Waals surface area contributed by atoms with Crippen LogP contribution in [0, 0.1) is 6.92 Å². The molecule has 7 nitrogen and oxygen atoms in total. The van der Waals surface area contributed by atoms with E-state index in [2.05, 4.69) is 5.32 Å². The highest BCUT2D eigenvalue weighted by Crippen LogP contribution is 2.25. The van der Waals surface area contributed by atoms with Gasteiger partial charge in [-0.3, -0.25) is 4.79 Å². The third-order valence-electron chi connectivity index (χ3n) is 3.69. The van der Waals surface area contributed by atoms with Crippen molar-refractivity contribution in [1.82, 2.24) is 5.32 Å². The molecule has 1 saturated heterocycles. The first kappa shape index (κ1) is 19.5. The van der Waals surface area contributed by atoms with Gasteiger partial charge in [0.1, 0.15) is 5.75 Å². The molecule has 1 amide bonds. The summed E-state index contributed by atoms with van der Waals surface area (Å²) in [5, 5.41) is 2.94. The molecule has 2 rings (SSSR count). The zero-order chi connectivity index (χ0) is 18.6. The van der Waals surface area contributed by atoms with Crippen LogP contribution in [0.1, 0.15) is 18.9 Å². The van der Waals surface area contributed by atoms with Crippen LogP contribution in [0.25, 0.3) is 0 Å². The molecule has 0 aliphatic carbocycles. The van der Waals surface area contributed by atoms with Crippen molar-refractivity contribution in [2.45, 2.75) is 32.4 Å². The summed E-state index contributed by atoms with van der Waals surface area (Å²) in [5.41, 5.74) is 0.923. The van der Waals surface area contributed by atoms with E-state index in [9.17, 15) is 18.0 Å². The van der Waals surface area contributed by atoms with Crippen molar-refractivity contribution in [1.29, 1.82) is 0 Å². The van der Waals surface area contributed by atoms with E-state index in [0.29, 0.717) is 17.2 Å². The second-order valence-corrected chi connectivity index (χ2v) is 8.60. The van der Waals surface area contributed by atoms with Crippen LogP contribution in [0.15, 0.2) is 18.2 Å². The number of carbonyl (C=O) groups is 2. The van der Waals surface area contributed by atoms with Crippen molar-refractivity contribution >= 4 is 33.3 Å². The maximum absolute atomic E-state index is 12.0. The predicted molar refractivity (Wildman–Crippen MR) is 92.4 cm³/mol. The van der Waals surface area contributed by atoms with Gasteiger partial charge in [-0.05, 0) is 38.0 Å². The summed E-state index contributed by atoms with van der Waals surface area (Å²) in [6.07, 6.45) is -0.684. The molecule has 1 N–H and O–H groups in total. The molecule has 1 heterocycles. The van der Waals surface area contributed by atoms with Crippen molar-refractivity contribution in [3.05, 3.63) is 28.8 Å². The molecule has 0 spiro atoms. The fourth-order valence-corrected chi connectivity index (χ4v) is 4.22. The van der Waals surface area contributed by atoms with Gasteiger partial charge in [-0.15, -0.1) is 0 Å². The largest absolute Gasteiger partial charge is 0.480 e. The highest BCUT2D eigenvalue weighted by atomic mass is 35.5. The molecule has 1 aliphatic rings. The second-order valence-electron chi connectivity index (χ2n) is 5.96. The van der Waals surface area contributed by atoms with Crippen LogP contribution in [0.4, 0.5) is 0 Å². The van der Waals surface area contributed by atoms with E-state index in [1.54, 1.807) is 12.1 Å². The van der Waals surface area contributed by atoms with Gasteiger partial charge in [-0.1, -0.05) is 17.7 Å². The van der Waals surface area contributed by atoms with E-state index in [0.717, 1.165) is 5.56 Å². The maximum atomic E-state index is 12.0. The molecule has 138 valence electrons. The van der Waals surface area contributed by atoms with Gasteiger partial charge < -0.3 is 14.8 Å². The van der Waals surface area contributed by atoms with Crippen LogP contribution in [0.2, 0.25) is 5.02 Å². The van der Waals surface area contributed by atoms with Crippen molar-refractivity contribution in [3.63, 3.8) is 0 Å². The van der Waals surface area contributed by atoms with Crippen LogP contribution in [0.3, 0.4) is 0 Å². The zero-order valence-electron chi connectivity index (χ0n) is 14.0. The van der Waals surface area contributed by atoms with Gasteiger partial charge >= 0.3 is 5.97 Å². The minimum Gasteiger partial charge on any atom is -0.480 e. The average molecular weight is 390 g/mol. The van der Waals surface area contributed by atoms with Gasteiger partial charge in [0.15, 0.2) is 22.5 Å². The Balaban J connectivity index is 1.79. The maximum Gasteiger partial charge on any atom is 0.344 e. The number of sulfone groups is 1. The Morgan fingerprint density at radius 3 is 2.76 bits per heavy atom. The van der Waals surface area contributed by atoms with Gasteiger partial charge in [0.05, 0.1) is 16.5 Å². The Hall–Kier alpha value is -1.80. The number of rotatable bonds is 6. The summed E-state index contributed by atoms with van der Waals surface area (Å²) in [5.74, 6) is -0.943. The molecule has 1 fully saturated rings. The molecule has 0 unspecified atom stereocenters. The Morgan fingerprint density at radius 1 is 1.40 bits per heavy atom. The number of aryl methyl sites for hydroxylation is 1. The molecule has 1 aromatic carbocycles. The van der Waals surface area contributed by atoms with Crippen LogP contribution < -0.4 is 10.1 Å². The first-order chi connectivity index (χ1) is 11.7. The predicted octanol–water partition coefficient (Wildman–Crippen LogP) is 1.26. The van der Waals surface area contributed by atoms with Crippen LogP contribution in [0.5, 0.6) is 5.75 Å². The lowest BCUT2D eigenvalue weighted by molar-refractivity contribution is -0.156. The number of hydrogen-bond donors (Lipinski definition) is 1. The van der Waals surface area contributed by atoms with Crippen LogP contribution >= 0.6 is 11.6 Å². The lowest BCUT2D eigenvalue weighted by atomic mass is 10.2. The molecule has 1 aromatic rings. The lowest BCUT2D eigenvalue weighted by Gasteiger charge is -2.16. The molecule has 2 atom stereocenters. The average Bonchev–Trinajstić information content (AvgIpc) is 2.86. The van der Waals surface area contributed by atoms with Crippen molar-refractivity contribution in [2.75, 3.05) is 18.1 Å². The fourth-order valence-electron chi connectivity index (χ4n) is 2.37. The summed E-state index contributed by atoms with van der Waals surface area (Å²) in [4.78, 5) is 23.8. The third-order valence-corrected chi connectivity index (χ3v) is 5.77. The summed E-state index contributed by atoms with van der Waals surface area (Å²) in [6.45, 7) is 2.88. The standard InChI is InChI=1S/C16H20ClNO6S/c1-10-3-4-13(17)14(7-10)23-8-15(19)24-11(2)16(20)18-12-5-6-25(21,22)9-12/h3-4,7,11-12H,5-6,8-9H2,1-2H3,(H,18,20)/t11-,12+/m1/s1. The van der Waals surface area contributed by atoms with E-state index in [1.807, 2.05) is 13.0 Å². The van der Waals surface area contributed by atoms with E-state index in [-0.39, 0.29) is 11.5 Å². The molecule has 25 heavy (non-hydrogen) atoms. The summed E-state index contributed by atoms with van der Waals surface area (Å²) < 4.78 is 33.1. The van der Waals surface area contributed by atoms with Crippen molar-refractivity contribution in [3.8, 4) is 5.75 Å². The van der Waals surface area contributed by atoms with Gasteiger partial charge in [0.25, 0.3) is 5.91 Å². The SMILES string of the molecule is Cc1ccc(Cl)c(OCC(=O)O[C@H](C)C(=O)N[C@H]2CCS(=O)(=O)C2)c1. The van der Waals surface area contributed by atoms with Crippen molar-refractivity contribution in [2.24, 2.45) is 0 Å². The number of esters is 1. The summed E-state index contributed by atoms with van der Waals surface area (Å²) >= 11 is 5.96. The summed E-state index contributed by atoms with van der Waals surface area (Å²) in [7, 11) is -3.09. The number of benzene rings is 1. The lowest BCUT2D eigenvalue weighted by Crippen LogP contribution is -2.43. The van der Waals surface area contributed by atoms with Gasteiger partial charge in [0, 0.05) is 6.04 Å². The van der Waals surface area contributed by atoms with E-state index < -0.39 is 40.5 Å². The monoisotopic (exact) mass is 389 g/mol. The molecule has 0 bridgehead atoms. The highest BCUT2D eigenvalue weighted by molar-refractivity contribution is 7.91. The van der Waals surface area contributed by atoms with E-state index >= 15 is 0 Å². The van der Waals surface area contributed by atoms with Crippen LogP contribution in [-0.2, 0) is 24.2 Å².